The molecule has 0 aliphatic carbocycles. The molecule has 0 unspecified atom stereocenters. The molecule has 64 valence electrons. The van der Waals surface area contributed by atoms with Gasteiger partial charge < -0.3 is 0 Å². The predicted molar refractivity (Wildman–Crippen MR) is 31.5 cm³/mol. The fourth-order valence-corrected chi connectivity index (χ4v) is 0. The van der Waals surface area contributed by atoms with E-state index < -0.39 is 61.9 Å². The van der Waals surface area contributed by atoms with Gasteiger partial charge in [-0.3, -0.25) is 0 Å². The van der Waals surface area contributed by atoms with Crippen LogP contribution in [0.1, 0.15) is 0 Å². The topological polar surface area (TPSA) is 161 Å². The molecule has 0 fully saturated rings. The van der Waals surface area contributed by atoms with Crippen LogP contribution in [0.25, 0.3) is 0 Å². The Kier molecular flexibility index (Phi) is 166. The van der Waals surface area contributed by atoms with E-state index in [1.165, 1.54) is 0 Å². The summed E-state index contributed by atoms with van der Waals surface area (Å²) in [6.45, 7) is 0. The summed E-state index contributed by atoms with van der Waals surface area (Å²) in [4.78, 5) is 0. The van der Waals surface area contributed by atoms with Gasteiger partial charge in [0.1, 0.15) is 0 Å². The first-order valence-corrected chi connectivity index (χ1v) is 5.66. The Labute approximate surface area is 110 Å². The fraction of sp³-hybridized carbons (Fsp3) is 0. The van der Waals surface area contributed by atoms with E-state index in [0.717, 1.165) is 0 Å². The van der Waals surface area contributed by atoms with Gasteiger partial charge >= 0.3 is 111 Å². The van der Waals surface area contributed by atoms with Crippen LogP contribution in [-0.4, -0.2) is 79.5 Å². The molecule has 0 radical (unpaired) electrons. The SMILES string of the molecule is [Ge+4].[O]=[Al][O-].[O]=[Al][O-].[O]=[Al][O-].[O]=[Al][O-]. The Hall–Kier alpha value is 1.07. The van der Waals surface area contributed by atoms with Gasteiger partial charge in [-0.1, -0.05) is 0 Å². The van der Waals surface area contributed by atoms with E-state index in [2.05, 4.69) is 0 Å². The van der Waals surface area contributed by atoms with Gasteiger partial charge in [0, 0.05) is 0 Å². The van der Waals surface area contributed by atoms with Crippen LogP contribution in [0.4, 0.5) is 0 Å². The van der Waals surface area contributed by atoms with Crippen LogP contribution in [0.5, 0.6) is 0 Å². The maximum atomic E-state index is 8.46. The van der Waals surface area contributed by atoms with Crippen molar-refractivity contribution < 1.29 is 31.8 Å². The molecule has 0 bridgehead atoms. The van der Waals surface area contributed by atoms with E-state index in [9.17, 15) is 0 Å². The zero-order chi connectivity index (χ0) is 10.8. The third-order valence-corrected chi connectivity index (χ3v) is 0. The third-order valence-electron chi connectivity index (χ3n) is 0. The second-order valence-electron chi connectivity index (χ2n) is 0.385. The van der Waals surface area contributed by atoms with Crippen molar-refractivity contribution in [3.05, 3.63) is 0 Å². The Morgan fingerprint density at radius 1 is 0.538 bits per heavy atom. The van der Waals surface area contributed by atoms with Crippen molar-refractivity contribution in [2.75, 3.05) is 0 Å². The third kappa shape index (κ3) is 1390. The van der Waals surface area contributed by atoms with Crippen LogP contribution >= 0.6 is 0 Å². The average molecular weight is 309 g/mol. The molecule has 0 aromatic rings. The summed E-state index contributed by atoms with van der Waals surface area (Å²) >= 11 is -7.00. The monoisotopic (exact) mass is 310 g/mol. The predicted octanol–water partition coefficient (Wildman–Crippen LogP) is -7.14. The van der Waals surface area contributed by atoms with Crippen molar-refractivity contribution in [2.45, 2.75) is 0 Å². The summed E-state index contributed by atoms with van der Waals surface area (Å²) in [5, 5.41) is 0. The van der Waals surface area contributed by atoms with Gasteiger partial charge in [-0.2, -0.15) is 0 Å². The van der Waals surface area contributed by atoms with Crippen molar-refractivity contribution in [1.82, 2.24) is 0 Å². The van der Waals surface area contributed by atoms with Crippen molar-refractivity contribution in [3.63, 3.8) is 0 Å². The Morgan fingerprint density at radius 2 is 0.538 bits per heavy atom. The minimum absolute atomic E-state index is 0. The van der Waals surface area contributed by atoms with Crippen molar-refractivity contribution in [3.8, 4) is 0 Å². The van der Waals surface area contributed by atoms with E-state index in [1.807, 2.05) is 0 Å². The van der Waals surface area contributed by atoms with Crippen LogP contribution in [0.2, 0.25) is 0 Å². The first-order chi connectivity index (χ1) is 5.66. The van der Waals surface area contributed by atoms with Crippen LogP contribution in [0.3, 0.4) is 0 Å². The fourth-order valence-electron chi connectivity index (χ4n) is 0. The molecule has 13 heavy (non-hydrogen) atoms. The molecule has 0 aromatic heterocycles. The molecule has 0 saturated heterocycles. The van der Waals surface area contributed by atoms with Gasteiger partial charge in [0.15, 0.2) is 0 Å². The molecule has 0 N–H and O–H groups in total. The van der Waals surface area contributed by atoms with Crippen LogP contribution in [0, 0.1) is 0 Å². The first-order valence-electron chi connectivity index (χ1n) is 1.89. The normalized spacial score (nSPS) is 2.46. The maximum absolute atomic E-state index is 8.46. The molecular formula is Al4GeO8. The average Bonchev–Trinajstić information content (AvgIpc) is 1.92. The number of hydrogen-bond donors (Lipinski definition) is 0. The summed E-state index contributed by atoms with van der Waals surface area (Å²) in [6.07, 6.45) is 0. The molecule has 0 aromatic carbocycles. The Morgan fingerprint density at radius 3 is 0.538 bits per heavy atom. The zero-order valence-electron chi connectivity index (χ0n) is 6.08. The van der Waals surface area contributed by atoms with E-state index >= 15 is 0 Å². The Bertz CT molecular complexity index is 70.1. The van der Waals surface area contributed by atoms with Gasteiger partial charge in [-0.15, -0.1) is 0 Å². The summed E-state index contributed by atoms with van der Waals surface area (Å²) in [6, 6.07) is 0. The van der Waals surface area contributed by atoms with Gasteiger partial charge in [0.25, 0.3) is 0 Å². The first kappa shape index (κ1) is 29.2. The standard InChI is InChI=1S/4Al.Ge.8O/q;;;;+4;;;;;4*-1. The molecule has 0 aliphatic rings. The molecule has 0 amide bonds. The van der Waals surface area contributed by atoms with Gasteiger partial charge in [0.05, 0.1) is 0 Å². The molecule has 13 heteroatoms. The van der Waals surface area contributed by atoms with E-state index in [1.54, 1.807) is 0 Å². The quantitative estimate of drug-likeness (QED) is 0.399. The van der Waals surface area contributed by atoms with Crippen molar-refractivity contribution in [1.29, 1.82) is 0 Å². The number of rotatable bonds is 0. The second-order valence-corrected chi connectivity index (χ2v) is 1.15. The van der Waals surface area contributed by atoms with E-state index in [0.29, 0.717) is 0 Å². The molecule has 0 spiro atoms. The van der Waals surface area contributed by atoms with Crippen LogP contribution in [0.15, 0.2) is 0 Å². The van der Waals surface area contributed by atoms with Gasteiger partial charge in [0.2, 0.25) is 0 Å². The molecular weight excluding hydrogens is 309 g/mol. The molecule has 0 aliphatic heterocycles. The Balaban J connectivity index is -0.0000000213. The van der Waals surface area contributed by atoms with Gasteiger partial charge in [-0.25, -0.2) is 0 Å². The van der Waals surface area contributed by atoms with Crippen molar-refractivity contribution in [2.24, 2.45) is 0 Å². The van der Waals surface area contributed by atoms with Crippen LogP contribution in [-0.2, 0) is 15.2 Å². The number of hydrogen-bond acceptors (Lipinski definition) is 8. The summed E-state index contributed by atoms with van der Waals surface area (Å²) < 4.78 is 67.7. The van der Waals surface area contributed by atoms with E-state index in [-0.39, 0.29) is 17.6 Å². The summed E-state index contributed by atoms with van der Waals surface area (Å²) in [5.41, 5.74) is 0. The molecule has 0 saturated carbocycles. The van der Waals surface area contributed by atoms with E-state index in [4.69, 9.17) is 31.8 Å². The summed E-state index contributed by atoms with van der Waals surface area (Å²) in [5.74, 6) is 0. The zero-order valence-corrected chi connectivity index (χ0v) is 12.8. The minimum atomic E-state index is -1.75. The molecule has 0 rings (SSSR count). The molecule has 8 nitrogen and oxygen atoms in total. The van der Waals surface area contributed by atoms with Crippen molar-refractivity contribution >= 4 is 79.5 Å². The van der Waals surface area contributed by atoms with Crippen LogP contribution < -0.4 is 16.6 Å². The summed E-state index contributed by atoms with van der Waals surface area (Å²) in [7, 11) is 0. The van der Waals surface area contributed by atoms with Gasteiger partial charge in [-0.05, 0) is 0 Å². The molecule has 0 atom stereocenters. The second kappa shape index (κ2) is 74.0. The molecule has 0 heterocycles.